The summed E-state index contributed by atoms with van der Waals surface area (Å²) in [5.74, 6) is -0.357. The first-order valence-electron chi connectivity index (χ1n) is 7.62. The normalized spacial score (nSPS) is 11.2. The minimum absolute atomic E-state index is 0.310. The molecule has 124 valence electrons. The summed E-state index contributed by atoms with van der Waals surface area (Å²) in [6, 6.07) is 12.6. The lowest BCUT2D eigenvalue weighted by atomic mass is 10.2. The summed E-state index contributed by atoms with van der Waals surface area (Å²) < 4.78 is 29.6. The van der Waals surface area contributed by atoms with E-state index in [1.807, 2.05) is 0 Å². The van der Waals surface area contributed by atoms with Crippen molar-refractivity contribution in [2.24, 2.45) is 0 Å². The van der Waals surface area contributed by atoms with Crippen LogP contribution in [-0.4, -0.2) is 14.5 Å². The van der Waals surface area contributed by atoms with E-state index in [-0.39, 0.29) is 11.6 Å². The molecule has 0 spiro atoms. The van der Waals surface area contributed by atoms with E-state index in [9.17, 15) is 8.78 Å². The number of pyridine rings is 1. The minimum Gasteiger partial charge on any atom is -0.347 e. The van der Waals surface area contributed by atoms with Crippen molar-refractivity contribution in [2.75, 3.05) is 0 Å². The molecule has 2 aliphatic heterocycles. The molecule has 0 radical (unpaired) electrons. The van der Waals surface area contributed by atoms with Crippen LogP contribution in [0.5, 0.6) is 0 Å². The summed E-state index contributed by atoms with van der Waals surface area (Å²) >= 11 is 5.93. The lowest BCUT2D eigenvalue weighted by Gasteiger charge is -2.09. The van der Waals surface area contributed by atoms with E-state index in [1.165, 1.54) is 18.2 Å². The average molecular weight is 356 g/mol. The molecule has 2 aliphatic rings. The molecular weight excluding hydrogens is 344 g/mol. The fourth-order valence-electron chi connectivity index (χ4n) is 2.67. The highest BCUT2D eigenvalue weighted by atomic mass is 35.5. The second kappa shape index (κ2) is 6.26. The molecule has 0 bridgehead atoms. The zero-order valence-electron chi connectivity index (χ0n) is 13.0. The van der Waals surface area contributed by atoms with Crippen LogP contribution >= 0.6 is 11.6 Å². The van der Waals surface area contributed by atoms with Gasteiger partial charge in [0.05, 0.1) is 17.8 Å². The highest BCUT2D eigenvalue weighted by molar-refractivity contribution is 6.30. The Morgan fingerprint density at radius 1 is 0.920 bits per heavy atom. The van der Waals surface area contributed by atoms with Gasteiger partial charge in [0.2, 0.25) is 0 Å². The number of hydrogen-bond acceptors (Lipinski definition) is 2. The van der Waals surface area contributed by atoms with Gasteiger partial charge in [0, 0.05) is 23.0 Å². The standard InChI is InChI=1S/C19H12ClF2N3/c20-13-5-6-15(21)12(9-13)10-25-8-7-17-18(11-25)24-19(23-17)14-3-1-2-4-16(14)22/h1-9,11H,10H2. The fraction of sp³-hybridized carbons (Fsp3) is 0.0526. The van der Waals surface area contributed by atoms with Crippen LogP contribution < -0.4 is 0 Å². The number of aromatic nitrogens is 3. The van der Waals surface area contributed by atoms with E-state index in [0.29, 0.717) is 39.9 Å². The SMILES string of the molecule is Fc1ccc(Cl)cc1Cn1ccc2nc(-c3ccccc3F)nc-2c1. The van der Waals surface area contributed by atoms with Gasteiger partial charge in [-0.2, -0.15) is 0 Å². The zero-order valence-corrected chi connectivity index (χ0v) is 13.7. The van der Waals surface area contributed by atoms with Crippen LogP contribution in [0.4, 0.5) is 8.78 Å². The third-order valence-electron chi connectivity index (χ3n) is 3.90. The smallest absolute Gasteiger partial charge is 0.163 e. The molecule has 0 amide bonds. The van der Waals surface area contributed by atoms with Crippen LogP contribution in [0.25, 0.3) is 22.8 Å². The monoisotopic (exact) mass is 355 g/mol. The third-order valence-corrected chi connectivity index (χ3v) is 4.14. The van der Waals surface area contributed by atoms with Crippen molar-refractivity contribution < 1.29 is 8.78 Å². The molecule has 2 aromatic carbocycles. The van der Waals surface area contributed by atoms with Crippen LogP contribution in [0.15, 0.2) is 60.9 Å². The molecule has 0 fully saturated rings. The van der Waals surface area contributed by atoms with Gasteiger partial charge in [0.1, 0.15) is 17.3 Å². The van der Waals surface area contributed by atoms with Gasteiger partial charge in [-0.1, -0.05) is 23.7 Å². The molecule has 0 saturated carbocycles. The molecular formula is C19H12ClF2N3. The lowest BCUT2D eigenvalue weighted by Crippen LogP contribution is -2.03. The van der Waals surface area contributed by atoms with Crippen molar-refractivity contribution in [1.82, 2.24) is 14.5 Å². The Bertz CT molecular complexity index is 1030. The molecule has 6 heteroatoms. The topological polar surface area (TPSA) is 30.7 Å². The maximum absolute atomic E-state index is 13.9. The number of fused-ring (bicyclic) bond motifs is 1. The second-order valence-electron chi connectivity index (χ2n) is 5.65. The van der Waals surface area contributed by atoms with Crippen LogP contribution in [-0.2, 0) is 6.54 Å². The Labute approximate surface area is 147 Å². The Kier molecular flexibility index (Phi) is 3.93. The minimum atomic E-state index is -0.369. The number of hydrogen-bond donors (Lipinski definition) is 0. The number of rotatable bonds is 3. The van der Waals surface area contributed by atoms with Crippen molar-refractivity contribution >= 4 is 11.6 Å². The van der Waals surface area contributed by atoms with E-state index in [2.05, 4.69) is 9.97 Å². The highest BCUT2D eigenvalue weighted by Crippen LogP contribution is 2.26. The molecule has 0 unspecified atom stereocenters. The van der Waals surface area contributed by atoms with Gasteiger partial charge in [-0.3, -0.25) is 0 Å². The Hall–Kier alpha value is -2.79. The average Bonchev–Trinajstić information content (AvgIpc) is 3.01. The van der Waals surface area contributed by atoms with E-state index in [1.54, 1.807) is 47.3 Å². The van der Waals surface area contributed by atoms with Crippen molar-refractivity contribution in [3.05, 3.63) is 83.1 Å². The lowest BCUT2D eigenvalue weighted by molar-refractivity contribution is 0.599. The number of imidazole rings is 1. The van der Waals surface area contributed by atoms with E-state index < -0.39 is 0 Å². The first kappa shape index (κ1) is 15.7. The molecule has 0 aromatic heterocycles. The summed E-state index contributed by atoms with van der Waals surface area (Å²) in [5.41, 5.74) is 2.10. The molecule has 0 atom stereocenters. The number of halogens is 3. The van der Waals surface area contributed by atoms with Crippen LogP contribution in [0.3, 0.4) is 0 Å². The highest BCUT2D eigenvalue weighted by Gasteiger charge is 2.15. The van der Waals surface area contributed by atoms with Gasteiger partial charge < -0.3 is 4.57 Å². The van der Waals surface area contributed by atoms with Crippen LogP contribution in [0.2, 0.25) is 5.02 Å². The van der Waals surface area contributed by atoms with Crippen LogP contribution in [0, 0.1) is 11.6 Å². The van der Waals surface area contributed by atoms with Gasteiger partial charge in [-0.25, -0.2) is 18.7 Å². The molecule has 2 heterocycles. The Morgan fingerprint density at radius 2 is 1.72 bits per heavy atom. The molecule has 25 heavy (non-hydrogen) atoms. The summed E-state index contributed by atoms with van der Waals surface area (Å²) in [6.45, 7) is 0.310. The summed E-state index contributed by atoms with van der Waals surface area (Å²) in [7, 11) is 0. The van der Waals surface area contributed by atoms with Crippen molar-refractivity contribution in [3.8, 4) is 22.8 Å². The van der Waals surface area contributed by atoms with Gasteiger partial charge in [0.25, 0.3) is 0 Å². The van der Waals surface area contributed by atoms with Gasteiger partial charge in [0.15, 0.2) is 5.82 Å². The summed E-state index contributed by atoms with van der Waals surface area (Å²) in [4.78, 5) is 8.76. The largest absolute Gasteiger partial charge is 0.347 e. The van der Waals surface area contributed by atoms with Gasteiger partial charge >= 0.3 is 0 Å². The van der Waals surface area contributed by atoms with Gasteiger partial charge in [-0.05, 0) is 36.4 Å². The van der Waals surface area contributed by atoms with E-state index in [4.69, 9.17) is 11.6 Å². The third kappa shape index (κ3) is 3.10. The first-order chi connectivity index (χ1) is 12.1. The predicted molar refractivity (Wildman–Crippen MR) is 92.6 cm³/mol. The molecule has 4 rings (SSSR count). The van der Waals surface area contributed by atoms with E-state index >= 15 is 0 Å². The van der Waals surface area contributed by atoms with Crippen molar-refractivity contribution in [3.63, 3.8) is 0 Å². The Morgan fingerprint density at radius 3 is 2.56 bits per heavy atom. The maximum atomic E-state index is 13.9. The molecule has 2 aromatic rings. The number of nitrogens with zero attached hydrogens (tertiary/aromatic N) is 3. The predicted octanol–water partition coefficient (Wildman–Crippen LogP) is 5.03. The molecule has 0 N–H and O–H groups in total. The second-order valence-corrected chi connectivity index (χ2v) is 6.09. The first-order valence-corrected chi connectivity index (χ1v) is 8.00. The number of benzene rings is 2. The summed E-state index contributed by atoms with van der Waals surface area (Å²) in [6.07, 6.45) is 3.54. The summed E-state index contributed by atoms with van der Waals surface area (Å²) in [5, 5.41) is 0.480. The Balaban J connectivity index is 1.71. The molecule has 0 saturated heterocycles. The van der Waals surface area contributed by atoms with E-state index in [0.717, 1.165) is 0 Å². The molecule has 0 aliphatic carbocycles. The fourth-order valence-corrected chi connectivity index (χ4v) is 2.87. The van der Waals surface area contributed by atoms with Crippen LogP contribution in [0.1, 0.15) is 5.56 Å². The maximum Gasteiger partial charge on any atom is 0.163 e. The van der Waals surface area contributed by atoms with Crippen molar-refractivity contribution in [2.45, 2.75) is 6.54 Å². The molecule has 3 nitrogen and oxygen atoms in total. The zero-order chi connectivity index (χ0) is 17.4. The van der Waals surface area contributed by atoms with Crippen molar-refractivity contribution in [1.29, 1.82) is 0 Å². The van der Waals surface area contributed by atoms with Gasteiger partial charge in [-0.15, -0.1) is 0 Å². The quantitative estimate of drug-likeness (QED) is 0.516.